The lowest BCUT2D eigenvalue weighted by Crippen LogP contribution is -2.43. The average Bonchev–Trinajstić information content (AvgIpc) is 3.39. The van der Waals surface area contributed by atoms with Gasteiger partial charge in [-0.25, -0.2) is 0 Å². The van der Waals surface area contributed by atoms with Crippen molar-refractivity contribution in [1.82, 2.24) is 20.1 Å². The lowest BCUT2D eigenvalue weighted by molar-refractivity contribution is -0.130. The third kappa shape index (κ3) is 3.27. The summed E-state index contributed by atoms with van der Waals surface area (Å²) in [5, 5.41) is 10.3. The fourth-order valence-corrected chi connectivity index (χ4v) is 4.01. The number of nitrogens with one attached hydrogen (secondary N) is 2. The predicted molar refractivity (Wildman–Crippen MR) is 99.0 cm³/mol. The Morgan fingerprint density at radius 2 is 2.16 bits per heavy atom. The number of H-pyrrole nitrogens is 1. The predicted octanol–water partition coefficient (Wildman–Crippen LogP) is 3.13. The van der Waals surface area contributed by atoms with Gasteiger partial charge in [-0.05, 0) is 55.4 Å². The lowest BCUT2D eigenvalue weighted by Gasteiger charge is -2.33. The van der Waals surface area contributed by atoms with E-state index in [4.69, 9.17) is 12.2 Å². The van der Waals surface area contributed by atoms with E-state index in [1.54, 1.807) is 0 Å². The van der Waals surface area contributed by atoms with E-state index >= 15 is 0 Å². The van der Waals surface area contributed by atoms with Crippen LogP contribution < -0.4 is 5.32 Å². The van der Waals surface area contributed by atoms with E-state index in [9.17, 15) is 4.79 Å². The smallest absolute Gasteiger partial charge is 0.226 e. The van der Waals surface area contributed by atoms with Crippen molar-refractivity contribution in [2.24, 2.45) is 5.41 Å². The Kier molecular flexibility index (Phi) is 4.23. The molecule has 1 fully saturated rings. The van der Waals surface area contributed by atoms with Gasteiger partial charge in [-0.1, -0.05) is 31.2 Å². The summed E-state index contributed by atoms with van der Waals surface area (Å²) in [6.07, 6.45) is 5.05. The van der Waals surface area contributed by atoms with Gasteiger partial charge in [0, 0.05) is 19.0 Å². The van der Waals surface area contributed by atoms with Crippen molar-refractivity contribution in [2.45, 2.75) is 51.5 Å². The van der Waals surface area contributed by atoms with E-state index < -0.39 is 0 Å². The number of amides is 1. The molecule has 4 rings (SSSR count). The van der Waals surface area contributed by atoms with Crippen molar-refractivity contribution in [2.75, 3.05) is 6.54 Å². The van der Waals surface area contributed by atoms with Gasteiger partial charge < -0.3 is 9.88 Å². The van der Waals surface area contributed by atoms with Crippen LogP contribution in [0.5, 0.6) is 0 Å². The van der Waals surface area contributed by atoms with Crippen LogP contribution in [0, 0.1) is 10.2 Å². The van der Waals surface area contributed by atoms with E-state index in [0.29, 0.717) is 23.8 Å². The minimum atomic E-state index is -0.328. The average molecular weight is 356 g/mol. The van der Waals surface area contributed by atoms with Gasteiger partial charge >= 0.3 is 0 Å². The van der Waals surface area contributed by atoms with Gasteiger partial charge in [0.2, 0.25) is 5.91 Å². The van der Waals surface area contributed by atoms with Crippen molar-refractivity contribution in [3.8, 4) is 0 Å². The summed E-state index contributed by atoms with van der Waals surface area (Å²) in [6, 6.07) is 8.45. The molecule has 6 heteroatoms. The van der Waals surface area contributed by atoms with Crippen LogP contribution in [0.2, 0.25) is 0 Å². The Labute approximate surface area is 152 Å². The van der Waals surface area contributed by atoms with Crippen LogP contribution in [0.3, 0.4) is 0 Å². The number of nitrogens with zero attached hydrogens (tertiary/aromatic N) is 2. The van der Waals surface area contributed by atoms with E-state index in [2.05, 4.69) is 46.7 Å². The third-order valence-electron chi connectivity index (χ3n) is 5.54. The number of aryl methyl sites for hydroxylation is 1. The summed E-state index contributed by atoms with van der Waals surface area (Å²) < 4.78 is 2.68. The van der Waals surface area contributed by atoms with Crippen molar-refractivity contribution in [1.29, 1.82) is 0 Å². The molecule has 5 nitrogen and oxygen atoms in total. The number of hydrogen-bond donors (Lipinski definition) is 2. The molecule has 1 amide bonds. The molecule has 0 spiro atoms. The molecular weight excluding hydrogens is 332 g/mol. The maximum Gasteiger partial charge on any atom is 0.226 e. The zero-order valence-corrected chi connectivity index (χ0v) is 15.4. The van der Waals surface area contributed by atoms with E-state index in [1.165, 1.54) is 24.0 Å². The maximum atomic E-state index is 12.8. The lowest BCUT2D eigenvalue weighted by atomic mass is 9.72. The number of hydrogen-bond acceptors (Lipinski definition) is 3. The van der Waals surface area contributed by atoms with E-state index in [0.717, 1.165) is 25.1 Å². The maximum absolute atomic E-state index is 12.8. The fraction of sp³-hybridized carbons (Fsp3) is 0.526. The summed E-state index contributed by atoms with van der Waals surface area (Å²) in [6.45, 7) is 3.35. The fourth-order valence-electron chi connectivity index (χ4n) is 3.78. The number of carbonyl (C=O) groups is 1. The first-order valence-corrected chi connectivity index (χ1v) is 9.48. The zero-order valence-electron chi connectivity index (χ0n) is 14.5. The Morgan fingerprint density at radius 1 is 1.40 bits per heavy atom. The number of rotatable bonds is 5. The van der Waals surface area contributed by atoms with Crippen LogP contribution in [-0.2, 0) is 24.2 Å². The standard InChI is InChI=1S/C19H24N4OS/c1-19(9-8-13-4-2-3-5-15(13)12-19)17(24)20-10-11-23-16(14-6-7-14)21-22-18(23)25/h2-5,14H,6-12H2,1H3,(H,20,24)(H,22,25). The quantitative estimate of drug-likeness (QED) is 0.809. The molecule has 0 bridgehead atoms. The highest BCUT2D eigenvalue weighted by molar-refractivity contribution is 7.71. The monoisotopic (exact) mass is 356 g/mol. The second-order valence-electron chi connectivity index (χ2n) is 7.57. The van der Waals surface area contributed by atoms with Gasteiger partial charge in [0.15, 0.2) is 4.77 Å². The van der Waals surface area contributed by atoms with Gasteiger partial charge in [0.05, 0.1) is 5.41 Å². The molecule has 1 aromatic heterocycles. The largest absolute Gasteiger partial charge is 0.354 e. The summed E-state index contributed by atoms with van der Waals surface area (Å²) in [5.41, 5.74) is 2.36. The second kappa shape index (κ2) is 6.41. The van der Waals surface area contributed by atoms with E-state index in [1.807, 2.05) is 4.57 Å². The van der Waals surface area contributed by atoms with Crippen LogP contribution in [0.1, 0.15) is 49.1 Å². The van der Waals surface area contributed by atoms with Crippen LogP contribution in [0.15, 0.2) is 24.3 Å². The Balaban J connectivity index is 1.38. The highest BCUT2D eigenvalue weighted by atomic mass is 32.1. The van der Waals surface area contributed by atoms with Gasteiger partial charge in [0.25, 0.3) is 0 Å². The number of aromatic amines is 1. The number of aromatic nitrogens is 3. The molecule has 1 saturated carbocycles. The number of benzene rings is 1. The summed E-state index contributed by atoms with van der Waals surface area (Å²) in [5.74, 6) is 1.72. The van der Waals surface area contributed by atoms with E-state index in [-0.39, 0.29) is 11.3 Å². The molecule has 2 aliphatic carbocycles. The molecule has 1 aromatic carbocycles. The van der Waals surface area contributed by atoms with Crippen LogP contribution in [0.25, 0.3) is 0 Å². The number of fused-ring (bicyclic) bond motifs is 1. The molecule has 1 unspecified atom stereocenters. The molecule has 1 heterocycles. The first-order valence-electron chi connectivity index (χ1n) is 9.07. The zero-order chi connectivity index (χ0) is 17.4. The molecule has 2 aliphatic rings. The van der Waals surface area contributed by atoms with Gasteiger partial charge in [-0.2, -0.15) is 5.10 Å². The normalized spacial score (nSPS) is 22.4. The molecule has 132 valence electrons. The van der Waals surface area contributed by atoms with Crippen molar-refractivity contribution in [3.05, 3.63) is 46.0 Å². The van der Waals surface area contributed by atoms with Gasteiger partial charge in [-0.3, -0.25) is 9.89 Å². The van der Waals surface area contributed by atoms with Gasteiger partial charge in [-0.15, -0.1) is 0 Å². The molecule has 25 heavy (non-hydrogen) atoms. The first kappa shape index (κ1) is 16.5. The first-order chi connectivity index (χ1) is 12.1. The number of carbonyl (C=O) groups excluding carboxylic acids is 1. The Hall–Kier alpha value is -1.95. The Morgan fingerprint density at radius 3 is 2.92 bits per heavy atom. The van der Waals surface area contributed by atoms with Crippen molar-refractivity contribution in [3.63, 3.8) is 0 Å². The SMILES string of the molecule is CC1(C(=O)NCCn2c(C3CC3)n[nH]c2=S)CCc2ccccc2C1. The summed E-state index contributed by atoms with van der Waals surface area (Å²) >= 11 is 5.32. The van der Waals surface area contributed by atoms with Crippen LogP contribution in [0.4, 0.5) is 0 Å². The highest BCUT2D eigenvalue weighted by Gasteiger charge is 2.36. The Bertz CT molecular complexity index is 851. The summed E-state index contributed by atoms with van der Waals surface area (Å²) in [7, 11) is 0. The molecule has 1 atom stereocenters. The minimum Gasteiger partial charge on any atom is -0.354 e. The molecule has 0 aliphatic heterocycles. The highest BCUT2D eigenvalue weighted by Crippen LogP contribution is 2.39. The minimum absolute atomic E-state index is 0.144. The second-order valence-corrected chi connectivity index (χ2v) is 7.96. The summed E-state index contributed by atoms with van der Waals surface area (Å²) in [4.78, 5) is 12.8. The van der Waals surface area contributed by atoms with Crippen LogP contribution in [-0.4, -0.2) is 27.2 Å². The van der Waals surface area contributed by atoms with Crippen molar-refractivity contribution >= 4 is 18.1 Å². The molecule has 0 saturated heterocycles. The van der Waals surface area contributed by atoms with Crippen LogP contribution >= 0.6 is 12.2 Å². The molecule has 0 radical (unpaired) electrons. The van der Waals surface area contributed by atoms with Crippen molar-refractivity contribution < 1.29 is 4.79 Å². The molecular formula is C19H24N4OS. The molecule has 2 N–H and O–H groups in total. The topological polar surface area (TPSA) is 62.7 Å². The third-order valence-corrected chi connectivity index (χ3v) is 5.86. The van der Waals surface area contributed by atoms with Gasteiger partial charge in [0.1, 0.15) is 5.82 Å². The molecule has 2 aromatic rings.